The number of benzene rings is 2. The Hall–Kier alpha value is -1.82. The van der Waals surface area contributed by atoms with Gasteiger partial charge in [0, 0.05) is 16.7 Å². The second kappa shape index (κ2) is 6.38. The van der Waals surface area contributed by atoms with E-state index in [1.165, 1.54) is 0 Å². The first-order valence-corrected chi connectivity index (χ1v) is 6.90. The first-order chi connectivity index (χ1) is 9.24. The average molecular weight is 275 g/mol. The smallest absolute Gasteiger partial charge is 0.301 e. The molecule has 2 aromatic rings. The number of hydrogen-bond donors (Lipinski definition) is 2. The minimum atomic E-state index is -1.57. The lowest BCUT2D eigenvalue weighted by Gasteiger charge is -2.19. The van der Waals surface area contributed by atoms with Crippen LogP contribution in [0, 0.1) is 0 Å². The molecule has 0 fully saturated rings. The van der Waals surface area contributed by atoms with E-state index in [9.17, 15) is 9.35 Å². The summed E-state index contributed by atoms with van der Waals surface area (Å²) in [5.41, 5.74) is 2.18. The fourth-order valence-corrected chi connectivity index (χ4v) is 3.10. The molecule has 98 valence electrons. The summed E-state index contributed by atoms with van der Waals surface area (Å²) in [7, 11) is 0. The third-order valence-electron chi connectivity index (χ3n) is 2.64. The molecule has 0 aliphatic heterocycles. The predicted octanol–water partition coefficient (Wildman–Crippen LogP) is 2.04. The van der Waals surface area contributed by atoms with E-state index in [0.29, 0.717) is 10.5 Å². The van der Waals surface area contributed by atoms with E-state index in [-0.39, 0.29) is 0 Å². The summed E-state index contributed by atoms with van der Waals surface area (Å²) < 4.78 is 12.5. The van der Waals surface area contributed by atoms with Gasteiger partial charge in [-0.15, -0.1) is 0 Å². The fourth-order valence-electron chi connectivity index (χ4n) is 1.75. The van der Waals surface area contributed by atoms with Crippen LogP contribution < -0.4 is 5.48 Å². The van der Waals surface area contributed by atoms with Crippen molar-refractivity contribution in [1.29, 1.82) is 0 Å². The highest BCUT2D eigenvalue weighted by Crippen LogP contribution is 2.28. The second-order valence-electron chi connectivity index (χ2n) is 3.88. The van der Waals surface area contributed by atoms with Crippen LogP contribution in [0.25, 0.3) is 0 Å². The summed E-state index contributed by atoms with van der Waals surface area (Å²) in [6, 6.07) is 17.4. The summed E-state index contributed by atoms with van der Waals surface area (Å²) in [6.07, 6.45) is 0. The number of rotatable bonds is 4. The SMILES string of the molecule is O=C(NO)C(c1ccccc1)[S+]([O-])c1ccccc1. The zero-order valence-corrected chi connectivity index (χ0v) is 10.8. The van der Waals surface area contributed by atoms with Gasteiger partial charge in [-0.05, 0) is 12.1 Å². The van der Waals surface area contributed by atoms with Crippen LogP contribution in [0.5, 0.6) is 0 Å². The maximum atomic E-state index is 12.5. The largest absolute Gasteiger partial charge is 0.611 e. The van der Waals surface area contributed by atoms with Gasteiger partial charge in [0.05, 0.1) is 0 Å². The summed E-state index contributed by atoms with van der Waals surface area (Å²) >= 11 is -1.57. The van der Waals surface area contributed by atoms with Crippen LogP contribution in [0.1, 0.15) is 10.8 Å². The number of amides is 1. The molecule has 4 nitrogen and oxygen atoms in total. The van der Waals surface area contributed by atoms with Crippen LogP contribution in [-0.2, 0) is 16.0 Å². The summed E-state index contributed by atoms with van der Waals surface area (Å²) in [5, 5.41) is 7.89. The van der Waals surface area contributed by atoms with Crippen LogP contribution in [0.3, 0.4) is 0 Å². The van der Waals surface area contributed by atoms with Gasteiger partial charge in [0.25, 0.3) is 0 Å². The van der Waals surface area contributed by atoms with Crippen LogP contribution in [0.4, 0.5) is 0 Å². The first kappa shape index (κ1) is 13.6. The van der Waals surface area contributed by atoms with Gasteiger partial charge in [-0.3, -0.25) is 10.0 Å². The van der Waals surface area contributed by atoms with E-state index >= 15 is 0 Å². The molecule has 0 saturated carbocycles. The van der Waals surface area contributed by atoms with Gasteiger partial charge in [-0.2, -0.15) is 0 Å². The maximum Gasteiger partial charge on any atom is 0.301 e. The van der Waals surface area contributed by atoms with Crippen molar-refractivity contribution < 1.29 is 14.6 Å². The molecule has 0 spiro atoms. The van der Waals surface area contributed by atoms with Crippen LogP contribution in [0.2, 0.25) is 0 Å². The van der Waals surface area contributed by atoms with E-state index in [1.807, 2.05) is 12.1 Å². The average Bonchev–Trinajstić information content (AvgIpc) is 2.49. The van der Waals surface area contributed by atoms with Gasteiger partial charge < -0.3 is 4.55 Å². The van der Waals surface area contributed by atoms with Gasteiger partial charge in [-0.25, -0.2) is 5.48 Å². The second-order valence-corrected chi connectivity index (χ2v) is 5.41. The molecule has 0 aliphatic carbocycles. The minimum absolute atomic E-state index is 0.542. The van der Waals surface area contributed by atoms with E-state index in [2.05, 4.69) is 0 Å². The Morgan fingerprint density at radius 1 is 1.05 bits per heavy atom. The molecule has 2 rings (SSSR count). The Balaban J connectivity index is 2.36. The molecule has 2 N–H and O–H groups in total. The summed E-state index contributed by atoms with van der Waals surface area (Å²) in [6.45, 7) is 0. The molecule has 0 bridgehead atoms. The number of hydrogen-bond acceptors (Lipinski definition) is 3. The lowest BCUT2D eigenvalue weighted by atomic mass is 10.1. The molecule has 0 saturated heterocycles. The van der Waals surface area contributed by atoms with Crippen molar-refractivity contribution in [3.8, 4) is 0 Å². The van der Waals surface area contributed by atoms with E-state index in [4.69, 9.17) is 5.21 Å². The Morgan fingerprint density at radius 2 is 1.58 bits per heavy atom. The Labute approximate surface area is 114 Å². The number of hydroxylamine groups is 1. The number of nitrogens with one attached hydrogen (secondary N) is 1. The molecular formula is C14H13NO3S. The Kier molecular flexibility index (Phi) is 4.57. The predicted molar refractivity (Wildman–Crippen MR) is 72.0 cm³/mol. The van der Waals surface area contributed by atoms with Crippen LogP contribution >= 0.6 is 0 Å². The van der Waals surface area contributed by atoms with Crippen molar-refractivity contribution in [2.24, 2.45) is 0 Å². The fraction of sp³-hybridized carbons (Fsp3) is 0.0714. The highest BCUT2D eigenvalue weighted by Gasteiger charge is 2.33. The summed E-state index contributed by atoms with van der Waals surface area (Å²) in [4.78, 5) is 12.3. The van der Waals surface area contributed by atoms with Crippen molar-refractivity contribution >= 4 is 17.1 Å². The molecule has 2 aromatic carbocycles. The topological polar surface area (TPSA) is 72.4 Å². The van der Waals surface area contributed by atoms with E-state index in [1.54, 1.807) is 54.0 Å². The van der Waals surface area contributed by atoms with Gasteiger partial charge in [0.15, 0.2) is 4.90 Å². The quantitative estimate of drug-likeness (QED) is 0.509. The molecule has 0 aliphatic rings. The van der Waals surface area contributed by atoms with Crippen LogP contribution in [-0.4, -0.2) is 15.7 Å². The lowest BCUT2D eigenvalue weighted by Crippen LogP contribution is -2.31. The van der Waals surface area contributed by atoms with Crippen molar-refractivity contribution in [3.63, 3.8) is 0 Å². The highest BCUT2D eigenvalue weighted by molar-refractivity contribution is 7.92. The van der Waals surface area contributed by atoms with E-state index in [0.717, 1.165) is 0 Å². The third kappa shape index (κ3) is 3.14. The van der Waals surface area contributed by atoms with Gasteiger partial charge in [0.1, 0.15) is 0 Å². The molecule has 2 unspecified atom stereocenters. The molecular weight excluding hydrogens is 262 g/mol. The maximum absolute atomic E-state index is 12.5. The molecule has 0 heterocycles. The zero-order chi connectivity index (χ0) is 13.7. The van der Waals surface area contributed by atoms with Gasteiger partial charge in [-0.1, -0.05) is 48.5 Å². The number of carbonyl (C=O) groups is 1. The van der Waals surface area contributed by atoms with E-state index < -0.39 is 22.3 Å². The Bertz CT molecular complexity index is 533. The van der Waals surface area contributed by atoms with Crippen LogP contribution in [0.15, 0.2) is 65.6 Å². The monoisotopic (exact) mass is 275 g/mol. The van der Waals surface area contributed by atoms with Crippen molar-refractivity contribution in [1.82, 2.24) is 5.48 Å². The Morgan fingerprint density at radius 3 is 2.11 bits per heavy atom. The standard InChI is InChI=1S/C14H13NO3S/c16-14(15-17)13(11-7-3-1-4-8-11)19(18)12-9-5-2-6-10-12/h1-10,13,17H,(H,15,16). The molecule has 0 radical (unpaired) electrons. The summed E-state index contributed by atoms with van der Waals surface area (Å²) in [5.74, 6) is -0.687. The molecule has 2 atom stereocenters. The van der Waals surface area contributed by atoms with Gasteiger partial charge >= 0.3 is 5.91 Å². The molecule has 0 aromatic heterocycles. The first-order valence-electron chi connectivity index (χ1n) is 5.68. The molecule has 5 heteroatoms. The third-order valence-corrected chi connectivity index (χ3v) is 4.29. The minimum Gasteiger partial charge on any atom is -0.611 e. The lowest BCUT2D eigenvalue weighted by molar-refractivity contribution is -0.128. The number of carbonyl (C=O) groups excluding carboxylic acids is 1. The zero-order valence-electron chi connectivity index (χ0n) is 10.0. The van der Waals surface area contributed by atoms with Crippen molar-refractivity contribution in [2.45, 2.75) is 10.1 Å². The molecule has 1 amide bonds. The van der Waals surface area contributed by atoms with Gasteiger partial charge in [0.2, 0.25) is 5.25 Å². The highest BCUT2D eigenvalue weighted by atomic mass is 32.2. The van der Waals surface area contributed by atoms with Crippen molar-refractivity contribution in [3.05, 3.63) is 66.2 Å². The molecule has 19 heavy (non-hydrogen) atoms. The van der Waals surface area contributed by atoms with Crippen molar-refractivity contribution in [2.75, 3.05) is 0 Å². The normalized spacial score (nSPS) is 13.6.